The molecular formula is C16H21FN2O. The first-order valence-corrected chi connectivity index (χ1v) is 7.19. The number of halogens is 1. The van der Waals surface area contributed by atoms with E-state index in [1.165, 1.54) is 12.5 Å². The van der Waals surface area contributed by atoms with Crippen LogP contribution in [0.1, 0.15) is 43.2 Å². The fraction of sp³-hybridized carbons (Fsp3) is 0.562. The number of nitrogens with one attached hydrogen (secondary N) is 1. The third-order valence-electron chi connectivity index (χ3n) is 4.25. The Kier molecular flexibility index (Phi) is 5.11. The third kappa shape index (κ3) is 3.56. The number of hydrogen-bond acceptors (Lipinski definition) is 3. The van der Waals surface area contributed by atoms with Gasteiger partial charge in [0, 0.05) is 30.7 Å². The van der Waals surface area contributed by atoms with Crippen LogP contribution < -0.4 is 5.32 Å². The minimum atomic E-state index is -0.349. The highest BCUT2D eigenvalue weighted by Crippen LogP contribution is 2.35. The molecule has 0 aromatic heterocycles. The van der Waals surface area contributed by atoms with Crippen molar-refractivity contribution in [2.24, 2.45) is 5.41 Å². The number of rotatable bonds is 5. The van der Waals surface area contributed by atoms with Crippen LogP contribution in [0.5, 0.6) is 0 Å². The lowest BCUT2D eigenvalue weighted by atomic mass is 9.74. The van der Waals surface area contributed by atoms with Gasteiger partial charge in [-0.1, -0.05) is 25.3 Å². The van der Waals surface area contributed by atoms with Gasteiger partial charge >= 0.3 is 0 Å². The molecule has 1 aromatic carbocycles. The first kappa shape index (κ1) is 15.0. The lowest BCUT2D eigenvalue weighted by Crippen LogP contribution is -2.38. The molecule has 0 unspecified atom stereocenters. The van der Waals surface area contributed by atoms with Crippen molar-refractivity contribution in [3.05, 3.63) is 35.1 Å². The number of aliphatic hydroxyl groups is 1. The summed E-state index contributed by atoms with van der Waals surface area (Å²) < 4.78 is 13.7. The summed E-state index contributed by atoms with van der Waals surface area (Å²) in [6, 6.07) is 6.46. The summed E-state index contributed by atoms with van der Waals surface area (Å²) in [5, 5.41) is 21.6. The van der Waals surface area contributed by atoms with Crippen molar-refractivity contribution >= 4 is 0 Å². The molecule has 0 saturated heterocycles. The Hall–Kier alpha value is -1.44. The number of nitrogens with zero attached hydrogens (tertiary/aromatic N) is 1. The van der Waals surface area contributed by atoms with Crippen LogP contribution in [0.15, 0.2) is 18.2 Å². The van der Waals surface area contributed by atoms with Crippen molar-refractivity contribution in [1.29, 1.82) is 5.26 Å². The molecule has 1 saturated carbocycles. The van der Waals surface area contributed by atoms with Crippen LogP contribution in [-0.4, -0.2) is 18.3 Å². The Morgan fingerprint density at radius 2 is 2.05 bits per heavy atom. The van der Waals surface area contributed by atoms with Crippen LogP contribution in [0.3, 0.4) is 0 Å². The van der Waals surface area contributed by atoms with Gasteiger partial charge in [-0.05, 0) is 25.0 Å². The summed E-state index contributed by atoms with van der Waals surface area (Å²) in [6.07, 6.45) is 5.63. The van der Waals surface area contributed by atoms with Crippen LogP contribution in [0.4, 0.5) is 4.39 Å². The normalized spacial score (nSPS) is 17.6. The fourth-order valence-corrected chi connectivity index (χ4v) is 2.92. The minimum absolute atomic E-state index is 0.0404. The number of aliphatic hydroxyl groups excluding tert-OH is 1. The molecule has 0 atom stereocenters. The van der Waals surface area contributed by atoms with Crippen molar-refractivity contribution in [1.82, 2.24) is 5.32 Å². The molecule has 0 spiro atoms. The van der Waals surface area contributed by atoms with Crippen LogP contribution in [0.25, 0.3) is 0 Å². The summed E-state index contributed by atoms with van der Waals surface area (Å²) in [6.45, 7) is 1.33. The molecule has 0 aliphatic heterocycles. The Bertz CT molecular complexity index is 490. The van der Waals surface area contributed by atoms with E-state index in [2.05, 4.69) is 5.32 Å². The minimum Gasteiger partial charge on any atom is -0.396 e. The highest BCUT2D eigenvalue weighted by Gasteiger charge is 2.30. The van der Waals surface area contributed by atoms with Gasteiger partial charge in [-0.2, -0.15) is 5.26 Å². The van der Waals surface area contributed by atoms with Crippen LogP contribution >= 0.6 is 0 Å². The van der Waals surface area contributed by atoms with E-state index in [0.717, 1.165) is 25.7 Å². The van der Waals surface area contributed by atoms with Crippen molar-refractivity contribution in [2.75, 3.05) is 13.2 Å². The van der Waals surface area contributed by atoms with E-state index < -0.39 is 0 Å². The second kappa shape index (κ2) is 6.83. The molecule has 2 rings (SSSR count). The maximum atomic E-state index is 13.7. The zero-order valence-electron chi connectivity index (χ0n) is 11.7. The van der Waals surface area contributed by atoms with E-state index >= 15 is 0 Å². The van der Waals surface area contributed by atoms with Gasteiger partial charge in [0.15, 0.2) is 0 Å². The van der Waals surface area contributed by atoms with Crippen LogP contribution in [0.2, 0.25) is 0 Å². The Balaban J connectivity index is 1.90. The summed E-state index contributed by atoms with van der Waals surface area (Å²) >= 11 is 0. The average molecular weight is 276 g/mol. The topological polar surface area (TPSA) is 56.0 Å². The molecule has 0 heterocycles. The van der Waals surface area contributed by atoms with Crippen LogP contribution in [-0.2, 0) is 6.54 Å². The molecule has 0 radical (unpaired) electrons. The van der Waals surface area contributed by atoms with Crippen molar-refractivity contribution in [3.8, 4) is 6.07 Å². The van der Waals surface area contributed by atoms with Gasteiger partial charge in [0.1, 0.15) is 5.82 Å². The smallest absolute Gasteiger partial charge is 0.129 e. The maximum absolute atomic E-state index is 13.7. The van der Waals surface area contributed by atoms with E-state index in [1.54, 1.807) is 12.1 Å². The molecule has 20 heavy (non-hydrogen) atoms. The number of benzene rings is 1. The predicted molar refractivity (Wildman–Crippen MR) is 75.4 cm³/mol. The summed E-state index contributed by atoms with van der Waals surface area (Å²) in [5.41, 5.74) is 0.861. The van der Waals surface area contributed by atoms with Gasteiger partial charge in [-0.3, -0.25) is 0 Å². The molecule has 108 valence electrons. The van der Waals surface area contributed by atoms with Crippen molar-refractivity contribution < 1.29 is 9.50 Å². The van der Waals surface area contributed by atoms with Crippen molar-refractivity contribution in [3.63, 3.8) is 0 Å². The molecule has 1 aliphatic carbocycles. The standard InChI is InChI=1S/C16H21FN2O/c17-15-8-13(9-18)4-5-14(15)10-19-11-16(12-20)6-2-1-3-7-16/h4-5,8,19-20H,1-3,6-7,10-12H2. The second-order valence-corrected chi connectivity index (χ2v) is 5.74. The monoisotopic (exact) mass is 276 g/mol. The first-order chi connectivity index (χ1) is 9.69. The summed E-state index contributed by atoms with van der Waals surface area (Å²) in [5.74, 6) is -0.349. The molecule has 1 aromatic rings. The van der Waals surface area contributed by atoms with E-state index in [0.29, 0.717) is 24.2 Å². The lowest BCUT2D eigenvalue weighted by molar-refractivity contribution is 0.0810. The van der Waals surface area contributed by atoms with E-state index in [4.69, 9.17) is 5.26 Å². The fourth-order valence-electron chi connectivity index (χ4n) is 2.92. The zero-order chi connectivity index (χ0) is 14.4. The van der Waals surface area contributed by atoms with Gasteiger partial charge in [0.05, 0.1) is 11.6 Å². The van der Waals surface area contributed by atoms with E-state index in [1.807, 2.05) is 6.07 Å². The average Bonchev–Trinajstić information content (AvgIpc) is 2.50. The number of hydrogen-bond donors (Lipinski definition) is 2. The largest absolute Gasteiger partial charge is 0.396 e. The van der Waals surface area contributed by atoms with E-state index in [-0.39, 0.29) is 17.8 Å². The highest BCUT2D eigenvalue weighted by atomic mass is 19.1. The van der Waals surface area contributed by atoms with Gasteiger partial charge in [0.2, 0.25) is 0 Å². The van der Waals surface area contributed by atoms with E-state index in [9.17, 15) is 9.50 Å². The molecule has 0 bridgehead atoms. The predicted octanol–water partition coefficient (Wildman–Crippen LogP) is 2.73. The van der Waals surface area contributed by atoms with Crippen LogP contribution in [0, 0.1) is 22.6 Å². The molecule has 1 aliphatic rings. The molecule has 0 amide bonds. The quantitative estimate of drug-likeness (QED) is 0.869. The lowest BCUT2D eigenvalue weighted by Gasteiger charge is -2.35. The maximum Gasteiger partial charge on any atom is 0.129 e. The summed E-state index contributed by atoms with van der Waals surface area (Å²) in [7, 11) is 0. The third-order valence-corrected chi connectivity index (χ3v) is 4.25. The van der Waals surface area contributed by atoms with Gasteiger partial charge in [-0.25, -0.2) is 4.39 Å². The Morgan fingerprint density at radius 1 is 1.30 bits per heavy atom. The highest BCUT2D eigenvalue weighted by molar-refractivity contribution is 5.32. The molecular weight excluding hydrogens is 255 g/mol. The zero-order valence-corrected chi connectivity index (χ0v) is 11.7. The Morgan fingerprint density at radius 3 is 2.65 bits per heavy atom. The SMILES string of the molecule is N#Cc1ccc(CNCC2(CO)CCCCC2)c(F)c1. The summed E-state index contributed by atoms with van der Waals surface area (Å²) in [4.78, 5) is 0. The molecule has 1 fully saturated rings. The molecule has 4 heteroatoms. The number of nitriles is 1. The van der Waals surface area contributed by atoms with Crippen molar-refractivity contribution in [2.45, 2.75) is 38.6 Å². The second-order valence-electron chi connectivity index (χ2n) is 5.74. The Labute approximate surface area is 119 Å². The molecule has 2 N–H and O–H groups in total. The van der Waals surface area contributed by atoms with Gasteiger partial charge < -0.3 is 10.4 Å². The van der Waals surface area contributed by atoms with Gasteiger partial charge in [0.25, 0.3) is 0 Å². The molecule has 3 nitrogen and oxygen atoms in total. The van der Waals surface area contributed by atoms with Gasteiger partial charge in [-0.15, -0.1) is 0 Å². The first-order valence-electron chi connectivity index (χ1n) is 7.19.